The Morgan fingerprint density at radius 2 is 2.00 bits per heavy atom. The number of ether oxygens (including phenoxy) is 1. The van der Waals surface area contributed by atoms with Crippen LogP contribution in [0, 0.1) is 5.41 Å². The first-order valence-corrected chi connectivity index (χ1v) is 8.09. The maximum atomic E-state index is 12.4. The number of rotatable bonds is 5. The summed E-state index contributed by atoms with van der Waals surface area (Å²) in [7, 11) is 0. The highest BCUT2D eigenvalue weighted by Gasteiger charge is 2.41. The van der Waals surface area contributed by atoms with E-state index in [0.717, 1.165) is 32.5 Å². The van der Waals surface area contributed by atoms with Crippen LogP contribution in [0.1, 0.15) is 19.3 Å². The van der Waals surface area contributed by atoms with Crippen molar-refractivity contribution in [3.63, 3.8) is 0 Å². The maximum absolute atomic E-state index is 12.4. The summed E-state index contributed by atoms with van der Waals surface area (Å²) in [5, 5.41) is 2.93. The highest BCUT2D eigenvalue weighted by molar-refractivity contribution is 5.85. The molecular weight excluding hydrogens is 384 g/mol. The van der Waals surface area contributed by atoms with E-state index in [1.54, 1.807) is 12.4 Å². The van der Waals surface area contributed by atoms with Gasteiger partial charge in [-0.25, -0.2) is 14.4 Å². The predicted molar refractivity (Wildman–Crippen MR) is 102 cm³/mol. The summed E-state index contributed by atoms with van der Waals surface area (Å²) in [5.41, 5.74) is 5.86. The molecule has 3 N–H and O–H groups in total. The Morgan fingerprint density at radius 1 is 1.35 bits per heavy atom. The molecule has 0 aliphatic carbocycles. The van der Waals surface area contributed by atoms with Gasteiger partial charge in [-0.3, -0.25) is 4.79 Å². The molecule has 3 heterocycles. The van der Waals surface area contributed by atoms with Crippen molar-refractivity contribution in [3.8, 4) is 5.75 Å². The van der Waals surface area contributed by atoms with Crippen molar-refractivity contribution in [2.24, 2.45) is 11.1 Å². The van der Waals surface area contributed by atoms with E-state index in [9.17, 15) is 9.18 Å². The first-order chi connectivity index (χ1) is 11.6. The predicted octanol–water partition coefficient (Wildman–Crippen LogP) is 1.62. The first-order valence-electron chi connectivity index (χ1n) is 8.09. The zero-order valence-corrected chi connectivity index (χ0v) is 16.0. The number of anilines is 1. The van der Waals surface area contributed by atoms with Gasteiger partial charge in [-0.1, -0.05) is 0 Å². The number of nitrogens with zero attached hydrogens (tertiary/aromatic N) is 3. The quantitative estimate of drug-likeness (QED) is 0.769. The van der Waals surface area contributed by atoms with E-state index < -0.39 is 0 Å². The van der Waals surface area contributed by atoms with Crippen LogP contribution in [0.5, 0.6) is 5.75 Å². The van der Waals surface area contributed by atoms with Gasteiger partial charge in [-0.05, 0) is 18.3 Å². The lowest BCUT2D eigenvalue weighted by atomic mass is 9.78. The molecule has 0 atom stereocenters. The van der Waals surface area contributed by atoms with Crippen LogP contribution < -0.4 is 20.7 Å². The minimum Gasteiger partial charge on any atom is -0.486 e. The Hall–Kier alpha value is -1.64. The standard InChI is InChI=1S/C16H22FN5O2.2ClH/c17-6-12(7-18)10-24-13-8-19-15(20-9-13)22-3-1-16(2-4-22)5-14(23)21-11-16;;/h6,8-9H,1-5,7,10-11,18H2,(H,21,23);2*1H/b12-6+;;. The molecule has 1 aromatic rings. The zero-order valence-electron chi connectivity index (χ0n) is 14.3. The smallest absolute Gasteiger partial charge is 0.225 e. The van der Waals surface area contributed by atoms with Crippen molar-refractivity contribution >= 4 is 36.7 Å². The molecule has 0 aromatic carbocycles. The second-order valence-electron chi connectivity index (χ2n) is 6.42. The van der Waals surface area contributed by atoms with Crippen molar-refractivity contribution in [1.82, 2.24) is 15.3 Å². The number of amides is 1. The molecule has 2 aliphatic heterocycles. The molecule has 2 fully saturated rings. The van der Waals surface area contributed by atoms with E-state index in [4.69, 9.17) is 10.5 Å². The number of nitrogens with one attached hydrogen (secondary N) is 1. The Bertz CT molecular complexity index is 622. The molecule has 1 spiro atoms. The molecule has 10 heteroatoms. The van der Waals surface area contributed by atoms with E-state index >= 15 is 0 Å². The summed E-state index contributed by atoms with van der Waals surface area (Å²) < 4.78 is 17.8. The SMILES string of the molecule is Cl.Cl.NC/C(=C\F)COc1cnc(N2CCC3(CC2)CNC(=O)C3)nc1. The van der Waals surface area contributed by atoms with Crippen LogP contribution in [0.3, 0.4) is 0 Å². The average molecular weight is 408 g/mol. The Labute approximate surface area is 164 Å². The van der Waals surface area contributed by atoms with Gasteiger partial charge in [0.1, 0.15) is 6.61 Å². The summed E-state index contributed by atoms with van der Waals surface area (Å²) >= 11 is 0. The fourth-order valence-corrected chi connectivity index (χ4v) is 3.14. The third-order valence-corrected chi connectivity index (χ3v) is 4.76. The number of nitrogens with two attached hydrogens (primary N) is 1. The molecule has 0 saturated carbocycles. The van der Waals surface area contributed by atoms with Crippen molar-refractivity contribution in [3.05, 3.63) is 24.3 Å². The van der Waals surface area contributed by atoms with Crippen LogP contribution in [-0.4, -0.2) is 48.7 Å². The van der Waals surface area contributed by atoms with Gasteiger partial charge >= 0.3 is 0 Å². The summed E-state index contributed by atoms with van der Waals surface area (Å²) in [6, 6.07) is 0. The molecule has 2 aliphatic rings. The molecule has 1 aromatic heterocycles. The van der Waals surface area contributed by atoms with Gasteiger partial charge in [-0.2, -0.15) is 0 Å². The lowest BCUT2D eigenvalue weighted by molar-refractivity contribution is -0.119. The number of hydrogen-bond acceptors (Lipinski definition) is 6. The van der Waals surface area contributed by atoms with Crippen LogP contribution in [0.15, 0.2) is 24.3 Å². The highest BCUT2D eigenvalue weighted by Crippen LogP contribution is 2.38. The lowest BCUT2D eigenvalue weighted by Gasteiger charge is -2.38. The van der Waals surface area contributed by atoms with Crippen LogP contribution in [0.25, 0.3) is 0 Å². The molecule has 0 unspecified atom stereocenters. The molecule has 7 nitrogen and oxygen atoms in total. The van der Waals surface area contributed by atoms with E-state index in [-0.39, 0.29) is 49.3 Å². The lowest BCUT2D eigenvalue weighted by Crippen LogP contribution is -2.41. The minimum absolute atomic E-state index is 0. The number of carbonyl (C=O) groups excluding carboxylic acids is 1. The number of piperidine rings is 1. The van der Waals surface area contributed by atoms with E-state index in [1.165, 1.54) is 0 Å². The monoisotopic (exact) mass is 407 g/mol. The van der Waals surface area contributed by atoms with Gasteiger partial charge < -0.3 is 20.7 Å². The molecular formula is C16H24Cl2FN5O2. The van der Waals surface area contributed by atoms with Gasteiger partial charge in [-0.15, -0.1) is 24.8 Å². The maximum Gasteiger partial charge on any atom is 0.225 e. The van der Waals surface area contributed by atoms with E-state index in [0.29, 0.717) is 30.0 Å². The second kappa shape index (κ2) is 9.89. The van der Waals surface area contributed by atoms with Gasteiger partial charge in [0.05, 0.1) is 18.7 Å². The highest BCUT2D eigenvalue weighted by atomic mass is 35.5. The van der Waals surface area contributed by atoms with Crippen molar-refractivity contribution < 1.29 is 13.9 Å². The molecule has 0 bridgehead atoms. The van der Waals surface area contributed by atoms with E-state index in [1.807, 2.05) is 0 Å². The molecule has 146 valence electrons. The Balaban J connectivity index is 0.00000169. The average Bonchev–Trinajstić information content (AvgIpc) is 2.97. The van der Waals surface area contributed by atoms with Gasteiger partial charge in [0.2, 0.25) is 11.9 Å². The van der Waals surface area contributed by atoms with Crippen molar-refractivity contribution in [1.29, 1.82) is 0 Å². The fraction of sp³-hybridized carbons (Fsp3) is 0.562. The summed E-state index contributed by atoms with van der Waals surface area (Å²) in [6.07, 6.45) is 6.16. The number of carbonyl (C=O) groups is 1. The molecule has 1 amide bonds. The van der Waals surface area contributed by atoms with Gasteiger partial charge in [0.25, 0.3) is 0 Å². The van der Waals surface area contributed by atoms with Gasteiger partial charge in [0.15, 0.2) is 5.75 Å². The molecule has 2 saturated heterocycles. The first kappa shape index (κ1) is 22.4. The molecule has 0 radical (unpaired) electrons. The summed E-state index contributed by atoms with van der Waals surface area (Å²) in [4.78, 5) is 22.2. The zero-order chi connectivity index (χ0) is 17.0. The van der Waals surface area contributed by atoms with Crippen LogP contribution in [-0.2, 0) is 4.79 Å². The van der Waals surface area contributed by atoms with Crippen LogP contribution >= 0.6 is 24.8 Å². The number of halogens is 3. The van der Waals surface area contributed by atoms with Crippen molar-refractivity contribution in [2.75, 3.05) is 37.7 Å². The van der Waals surface area contributed by atoms with Crippen LogP contribution in [0.4, 0.5) is 10.3 Å². The second-order valence-corrected chi connectivity index (χ2v) is 6.42. The molecule has 3 rings (SSSR count). The summed E-state index contributed by atoms with van der Waals surface area (Å²) in [6.45, 7) is 2.64. The number of hydrogen-bond donors (Lipinski definition) is 2. The van der Waals surface area contributed by atoms with Crippen LogP contribution in [0.2, 0.25) is 0 Å². The largest absolute Gasteiger partial charge is 0.486 e. The number of aromatic nitrogens is 2. The third kappa shape index (κ3) is 5.18. The Kier molecular flexibility index (Phi) is 8.52. The minimum atomic E-state index is 0. The Morgan fingerprint density at radius 3 is 2.50 bits per heavy atom. The fourth-order valence-electron chi connectivity index (χ4n) is 3.14. The topological polar surface area (TPSA) is 93.4 Å². The van der Waals surface area contributed by atoms with E-state index in [2.05, 4.69) is 20.2 Å². The molecule has 26 heavy (non-hydrogen) atoms. The summed E-state index contributed by atoms with van der Waals surface area (Å²) in [5.74, 6) is 1.28. The van der Waals surface area contributed by atoms with Crippen molar-refractivity contribution in [2.45, 2.75) is 19.3 Å². The normalized spacial score (nSPS) is 18.8. The van der Waals surface area contributed by atoms with Gasteiger partial charge in [0, 0.05) is 38.2 Å². The third-order valence-electron chi connectivity index (χ3n) is 4.76.